The number of H-pyrrole nitrogens is 2. The summed E-state index contributed by atoms with van der Waals surface area (Å²) in [4.78, 5) is 25.5. The van der Waals surface area contributed by atoms with Crippen molar-refractivity contribution in [3.8, 4) is 5.88 Å². The molecular formula is C21H19F2N7O2. The Morgan fingerprint density at radius 1 is 1.25 bits per heavy atom. The Morgan fingerprint density at radius 3 is 2.66 bits per heavy atom. The third-order valence-electron chi connectivity index (χ3n) is 5.13. The molecule has 0 radical (unpaired) electrons. The largest absolute Gasteiger partial charge is 0.493 e. The van der Waals surface area contributed by atoms with E-state index in [9.17, 15) is 18.7 Å². The van der Waals surface area contributed by atoms with Gasteiger partial charge in [0.25, 0.3) is 0 Å². The van der Waals surface area contributed by atoms with Gasteiger partial charge in [-0.05, 0) is 43.5 Å². The first kappa shape index (κ1) is 19.9. The summed E-state index contributed by atoms with van der Waals surface area (Å²) in [6, 6.07) is 4.84. The fraction of sp³-hybridized carbons (Fsp3) is 0.238. The SMILES string of the molecule is CC(Nc1cc(=NC2CC2)n2ncc(=Cc3[nH]c(=O)[nH]c3O)c2n1)c1cc(F)cc(F)c1. The number of rotatable bonds is 5. The van der Waals surface area contributed by atoms with Crippen molar-refractivity contribution in [1.82, 2.24) is 24.6 Å². The van der Waals surface area contributed by atoms with Crippen molar-refractivity contribution in [3.05, 3.63) is 74.5 Å². The highest BCUT2D eigenvalue weighted by Crippen LogP contribution is 2.23. The van der Waals surface area contributed by atoms with E-state index < -0.39 is 23.4 Å². The summed E-state index contributed by atoms with van der Waals surface area (Å²) in [7, 11) is 0. The van der Waals surface area contributed by atoms with Crippen LogP contribution in [0.2, 0.25) is 0 Å². The van der Waals surface area contributed by atoms with Crippen LogP contribution < -0.4 is 21.7 Å². The molecule has 5 rings (SSSR count). The maximum atomic E-state index is 13.6. The van der Waals surface area contributed by atoms with Crippen LogP contribution in [0.25, 0.3) is 11.7 Å². The highest BCUT2D eigenvalue weighted by Gasteiger charge is 2.20. The minimum absolute atomic E-state index is 0.189. The molecule has 11 heteroatoms. The van der Waals surface area contributed by atoms with Gasteiger partial charge in [0.2, 0.25) is 5.88 Å². The average molecular weight is 439 g/mol. The number of anilines is 1. The molecule has 0 saturated heterocycles. The van der Waals surface area contributed by atoms with E-state index >= 15 is 0 Å². The van der Waals surface area contributed by atoms with Crippen LogP contribution in [0.4, 0.5) is 14.6 Å². The number of benzene rings is 1. The van der Waals surface area contributed by atoms with E-state index in [1.807, 2.05) is 0 Å². The molecule has 0 bridgehead atoms. The predicted molar refractivity (Wildman–Crippen MR) is 112 cm³/mol. The van der Waals surface area contributed by atoms with Crippen molar-refractivity contribution in [2.45, 2.75) is 31.8 Å². The lowest BCUT2D eigenvalue weighted by atomic mass is 10.1. The van der Waals surface area contributed by atoms with Gasteiger partial charge in [0.15, 0.2) is 11.1 Å². The monoisotopic (exact) mass is 439 g/mol. The number of nitrogens with zero attached hydrogens (tertiary/aromatic N) is 4. The summed E-state index contributed by atoms with van der Waals surface area (Å²) in [6.07, 6.45) is 5.07. The van der Waals surface area contributed by atoms with Gasteiger partial charge in [0.05, 0.1) is 18.3 Å². The van der Waals surface area contributed by atoms with Gasteiger partial charge in [0, 0.05) is 17.4 Å². The molecular weight excluding hydrogens is 420 g/mol. The number of aromatic amines is 2. The van der Waals surface area contributed by atoms with Crippen LogP contribution in [0.5, 0.6) is 5.88 Å². The first-order valence-corrected chi connectivity index (χ1v) is 10.0. The van der Waals surface area contributed by atoms with E-state index in [1.54, 1.807) is 29.8 Å². The molecule has 0 aliphatic heterocycles. The summed E-state index contributed by atoms with van der Waals surface area (Å²) in [5.74, 6) is -1.17. The Kier molecular flexibility index (Phi) is 4.72. The lowest BCUT2D eigenvalue weighted by molar-refractivity contribution is 0.454. The molecule has 4 aromatic rings. The first-order valence-electron chi connectivity index (χ1n) is 10.0. The number of halogens is 2. The van der Waals surface area contributed by atoms with E-state index in [1.165, 1.54) is 12.1 Å². The number of fused-ring (bicyclic) bond motifs is 1. The van der Waals surface area contributed by atoms with Crippen molar-refractivity contribution >= 4 is 17.5 Å². The molecule has 1 unspecified atom stereocenters. The zero-order valence-corrected chi connectivity index (χ0v) is 16.9. The molecule has 1 aliphatic rings. The highest BCUT2D eigenvalue weighted by atomic mass is 19.1. The zero-order valence-electron chi connectivity index (χ0n) is 16.9. The molecule has 32 heavy (non-hydrogen) atoms. The first-order chi connectivity index (χ1) is 15.4. The predicted octanol–water partition coefficient (Wildman–Crippen LogP) is 1.51. The van der Waals surface area contributed by atoms with Crippen LogP contribution in [0.1, 0.15) is 37.1 Å². The minimum atomic E-state index is -0.658. The Balaban J connectivity index is 1.61. The summed E-state index contributed by atoms with van der Waals surface area (Å²) in [5.41, 5.74) is 1.09. The summed E-state index contributed by atoms with van der Waals surface area (Å²) in [6.45, 7) is 1.77. The fourth-order valence-electron chi connectivity index (χ4n) is 3.40. The number of hydrogen-bond donors (Lipinski definition) is 4. The average Bonchev–Trinajstić information content (AvgIpc) is 3.36. The van der Waals surface area contributed by atoms with Crippen molar-refractivity contribution in [3.63, 3.8) is 0 Å². The second-order valence-electron chi connectivity index (χ2n) is 7.75. The Morgan fingerprint density at radius 2 is 2.00 bits per heavy atom. The van der Waals surface area contributed by atoms with Gasteiger partial charge in [-0.1, -0.05) is 0 Å². The van der Waals surface area contributed by atoms with Crippen LogP contribution in [0.15, 0.2) is 40.2 Å². The van der Waals surface area contributed by atoms with Gasteiger partial charge in [-0.2, -0.15) is 9.61 Å². The van der Waals surface area contributed by atoms with E-state index in [4.69, 9.17) is 0 Å². The van der Waals surface area contributed by atoms with Crippen LogP contribution in [-0.4, -0.2) is 35.7 Å². The maximum absolute atomic E-state index is 13.6. The number of aromatic nitrogens is 5. The molecule has 3 aromatic heterocycles. The van der Waals surface area contributed by atoms with Gasteiger partial charge in [-0.25, -0.2) is 18.6 Å². The zero-order chi connectivity index (χ0) is 22.4. The quantitative estimate of drug-likeness (QED) is 0.375. The van der Waals surface area contributed by atoms with Gasteiger partial charge in [-0.3, -0.25) is 9.98 Å². The fourth-order valence-corrected chi connectivity index (χ4v) is 3.40. The van der Waals surface area contributed by atoms with E-state index in [0.717, 1.165) is 18.9 Å². The summed E-state index contributed by atoms with van der Waals surface area (Å²) >= 11 is 0. The molecule has 1 atom stereocenters. The second kappa shape index (κ2) is 7.59. The normalized spacial score (nSPS) is 16.1. The van der Waals surface area contributed by atoms with Crippen LogP contribution in [0.3, 0.4) is 0 Å². The van der Waals surface area contributed by atoms with Crippen molar-refractivity contribution in [2.75, 3.05) is 5.32 Å². The van der Waals surface area contributed by atoms with Crippen molar-refractivity contribution < 1.29 is 13.9 Å². The number of nitrogens with one attached hydrogen (secondary N) is 3. The topological polar surface area (TPSA) is 123 Å². The molecule has 0 spiro atoms. The smallest absolute Gasteiger partial charge is 0.326 e. The van der Waals surface area contributed by atoms with E-state index in [2.05, 4.69) is 30.4 Å². The molecule has 0 amide bonds. The third-order valence-corrected chi connectivity index (χ3v) is 5.13. The second-order valence-corrected chi connectivity index (χ2v) is 7.75. The summed E-state index contributed by atoms with van der Waals surface area (Å²) in [5, 5.41) is 17.9. The molecule has 1 aromatic carbocycles. The maximum Gasteiger partial charge on any atom is 0.326 e. The molecule has 164 valence electrons. The van der Waals surface area contributed by atoms with Crippen molar-refractivity contribution in [1.29, 1.82) is 0 Å². The number of hydrogen-bond acceptors (Lipinski definition) is 6. The van der Waals surface area contributed by atoms with Gasteiger partial charge < -0.3 is 15.4 Å². The Hall–Kier alpha value is -4.02. The van der Waals surface area contributed by atoms with E-state index in [0.29, 0.717) is 27.7 Å². The van der Waals surface area contributed by atoms with Gasteiger partial charge >= 0.3 is 5.69 Å². The van der Waals surface area contributed by atoms with Gasteiger partial charge in [0.1, 0.15) is 23.1 Å². The molecule has 4 N–H and O–H groups in total. The molecule has 9 nitrogen and oxygen atoms in total. The number of aromatic hydroxyl groups is 1. The number of imidazole rings is 1. The Bertz CT molecular complexity index is 1480. The van der Waals surface area contributed by atoms with Crippen LogP contribution in [-0.2, 0) is 0 Å². The Labute approximate surface area is 179 Å². The third kappa shape index (κ3) is 3.96. The molecule has 1 fully saturated rings. The van der Waals surface area contributed by atoms with Crippen LogP contribution in [0, 0.1) is 11.6 Å². The van der Waals surface area contributed by atoms with Crippen molar-refractivity contribution in [2.24, 2.45) is 4.99 Å². The summed E-state index contributed by atoms with van der Waals surface area (Å²) < 4.78 is 28.9. The lowest BCUT2D eigenvalue weighted by Crippen LogP contribution is -2.21. The minimum Gasteiger partial charge on any atom is -0.493 e. The lowest BCUT2D eigenvalue weighted by Gasteiger charge is -2.15. The molecule has 1 aliphatic carbocycles. The highest BCUT2D eigenvalue weighted by molar-refractivity contribution is 5.58. The van der Waals surface area contributed by atoms with Gasteiger partial charge in [-0.15, -0.1) is 0 Å². The molecule has 1 saturated carbocycles. The standard InChI is InChI=1S/C21H19F2N7O2/c1-10(11-4-13(22)7-14(23)5-11)25-17-8-18(26-15-2-3-15)30-19(28-17)12(9-24-30)6-16-20(31)29-21(32)27-16/h4-10,15,25,31H,2-3H2,1H3,(H2,27,29,32). The van der Waals surface area contributed by atoms with E-state index in [-0.39, 0.29) is 17.6 Å². The molecule has 3 heterocycles. The van der Waals surface area contributed by atoms with Crippen LogP contribution >= 0.6 is 0 Å².